The topological polar surface area (TPSA) is 116 Å². The average Bonchev–Trinajstić information content (AvgIpc) is 3.44. The SMILES string of the molecule is COc1cc(Nc2ncnc3c2nc(NCCCN2CCCC2=O)n3C(C)C)cc(OC)c1OC. The molecule has 11 nitrogen and oxygen atoms in total. The van der Waals surface area contributed by atoms with Gasteiger partial charge in [-0.05, 0) is 26.7 Å². The van der Waals surface area contributed by atoms with Crippen LogP contribution in [0, 0.1) is 0 Å². The third-order valence-electron chi connectivity index (χ3n) is 5.98. The number of amides is 1. The van der Waals surface area contributed by atoms with Crippen molar-refractivity contribution in [3.8, 4) is 17.2 Å². The summed E-state index contributed by atoms with van der Waals surface area (Å²) in [7, 11) is 4.72. The molecule has 3 aromatic rings. The zero-order chi connectivity index (χ0) is 24.9. The van der Waals surface area contributed by atoms with Gasteiger partial charge in [-0.25, -0.2) is 15.0 Å². The summed E-state index contributed by atoms with van der Waals surface area (Å²) in [4.78, 5) is 27.6. The standard InChI is InChI=1S/C24H33N7O4/c1-15(2)31-23-20(29-24(31)25-9-7-11-30-10-6-8-19(30)32)22(26-14-27-23)28-16-12-17(33-3)21(35-5)18(13-16)34-4/h12-15H,6-11H2,1-5H3,(H,25,29)(H,26,27,28). The fraction of sp³-hybridized carbons (Fsp3) is 0.500. The number of aromatic nitrogens is 4. The number of likely N-dealkylation sites (tertiary alicyclic amines) is 1. The van der Waals surface area contributed by atoms with Crippen molar-refractivity contribution in [2.24, 2.45) is 0 Å². The number of carbonyl (C=O) groups is 1. The van der Waals surface area contributed by atoms with Gasteiger partial charge < -0.3 is 29.7 Å². The number of ether oxygens (including phenoxy) is 3. The van der Waals surface area contributed by atoms with Crippen LogP contribution in [0.3, 0.4) is 0 Å². The molecule has 3 heterocycles. The van der Waals surface area contributed by atoms with E-state index in [1.807, 2.05) is 17.0 Å². The van der Waals surface area contributed by atoms with Crippen LogP contribution in [-0.2, 0) is 4.79 Å². The van der Waals surface area contributed by atoms with Crippen LogP contribution in [0.25, 0.3) is 11.2 Å². The summed E-state index contributed by atoms with van der Waals surface area (Å²) in [5, 5.41) is 6.75. The lowest BCUT2D eigenvalue weighted by Crippen LogP contribution is -2.27. The van der Waals surface area contributed by atoms with Crippen molar-refractivity contribution in [2.45, 2.75) is 39.2 Å². The molecule has 0 bridgehead atoms. The van der Waals surface area contributed by atoms with E-state index < -0.39 is 0 Å². The zero-order valence-electron chi connectivity index (χ0n) is 20.9. The normalized spacial score (nSPS) is 13.5. The molecule has 1 amide bonds. The second-order valence-corrected chi connectivity index (χ2v) is 8.60. The monoisotopic (exact) mass is 483 g/mol. The Kier molecular flexibility index (Phi) is 7.42. The van der Waals surface area contributed by atoms with Crippen LogP contribution in [0.5, 0.6) is 17.2 Å². The van der Waals surface area contributed by atoms with Gasteiger partial charge in [0, 0.05) is 49.9 Å². The number of carbonyl (C=O) groups excluding carboxylic acids is 1. The van der Waals surface area contributed by atoms with E-state index in [1.54, 1.807) is 21.3 Å². The Bertz CT molecular complexity index is 1170. The zero-order valence-corrected chi connectivity index (χ0v) is 20.9. The molecule has 2 aromatic heterocycles. The van der Waals surface area contributed by atoms with Crippen LogP contribution in [0.1, 0.15) is 39.2 Å². The summed E-state index contributed by atoms with van der Waals surface area (Å²) in [5.74, 6) is 3.11. The number of fused-ring (bicyclic) bond motifs is 1. The van der Waals surface area contributed by atoms with Gasteiger partial charge >= 0.3 is 0 Å². The maximum Gasteiger partial charge on any atom is 0.222 e. The molecule has 188 valence electrons. The first-order chi connectivity index (χ1) is 17.0. The lowest BCUT2D eigenvalue weighted by atomic mass is 10.2. The summed E-state index contributed by atoms with van der Waals surface area (Å²) in [6.07, 6.45) is 3.98. The second kappa shape index (κ2) is 10.7. The van der Waals surface area contributed by atoms with Gasteiger partial charge in [0.15, 0.2) is 28.5 Å². The van der Waals surface area contributed by atoms with Crippen molar-refractivity contribution in [1.82, 2.24) is 24.4 Å². The van der Waals surface area contributed by atoms with Crippen LogP contribution in [0.2, 0.25) is 0 Å². The van der Waals surface area contributed by atoms with Crippen LogP contribution >= 0.6 is 0 Å². The molecule has 2 N–H and O–H groups in total. The number of benzene rings is 1. The van der Waals surface area contributed by atoms with Gasteiger partial charge in [-0.1, -0.05) is 0 Å². The molecule has 0 spiro atoms. The largest absolute Gasteiger partial charge is 0.493 e. The predicted octanol–water partition coefficient (Wildman–Crippen LogP) is 3.60. The van der Waals surface area contributed by atoms with E-state index >= 15 is 0 Å². The highest BCUT2D eigenvalue weighted by Crippen LogP contribution is 2.41. The first-order valence-corrected chi connectivity index (χ1v) is 11.8. The maximum atomic E-state index is 11.8. The number of hydrogen-bond donors (Lipinski definition) is 2. The van der Waals surface area contributed by atoms with Gasteiger partial charge in [0.2, 0.25) is 17.6 Å². The van der Waals surface area contributed by atoms with Gasteiger partial charge in [-0.3, -0.25) is 9.36 Å². The molecular formula is C24H33N7O4. The minimum atomic E-state index is 0.131. The Labute approximate surface area is 204 Å². The molecule has 4 rings (SSSR count). The van der Waals surface area contributed by atoms with Gasteiger partial charge in [-0.15, -0.1) is 0 Å². The van der Waals surface area contributed by atoms with Crippen molar-refractivity contribution in [2.75, 3.05) is 51.6 Å². The van der Waals surface area contributed by atoms with Crippen molar-refractivity contribution < 1.29 is 19.0 Å². The van der Waals surface area contributed by atoms with Gasteiger partial charge in [0.25, 0.3) is 0 Å². The molecule has 1 fully saturated rings. The lowest BCUT2D eigenvalue weighted by molar-refractivity contribution is -0.127. The number of anilines is 3. The summed E-state index contributed by atoms with van der Waals surface area (Å²) >= 11 is 0. The lowest BCUT2D eigenvalue weighted by Gasteiger charge is -2.16. The number of methoxy groups -OCH3 is 3. The Morgan fingerprint density at radius 1 is 1.09 bits per heavy atom. The Morgan fingerprint density at radius 3 is 2.43 bits per heavy atom. The van der Waals surface area contributed by atoms with Crippen molar-refractivity contribution in [1.29, 1.82) is 0 Å². The van der Waals surface area contributed by atoms with E-state index in [2.05, 4.69) is 39.0 Å². The minimum absolute atomic E-state index is 0.131. The van der Waals surface area contributed by atoms with Crippen LogP contribution in [0.4, 0.5) is 17.5 Å². The quantitative estimate of drug-likeness (QED) is 0.395. The van der Waals surface area contributed by atoms with Crippen molar-refractivity contribution in [3.05, 3.63) is 18.5 Å². The molecule has 1 saturated heterocycles. The number of nitrogens with zero attached hydrogens (tertiary/aromatic N) is 5. The number of imidazole rings is 1. The molecule has 0 atom stereocenters. The molecule has 1 aliphatic heterocycles. The van der Waals surface area contributed by atoms with Crippen molar-refractivity contribution >= 4 is 34.5 Å². The summed E-state index contributed by atoms with van der Waals surface area (Å²) in [6.45, 7) is 6.48. The molecule has 0 unspecified atom stereocenters. The molecule has 0 aliphatic carbocycles. The smallest absolute Gasteiger partial charge is 0.222 e. The van der Waals surface area contributed by atoms with E-state index in [0.717, 1.165) is 37.5 Å². The maximum absolute atomic E-state index is 11.8. The number of nitrogens with one attached hydrogen (secondary N) is 2. The highest BCUT2D eigenvalue weighted by Gasteiger charge is 2.21. The second-order valence-electron chi connectivity index (χ2n) is 8.60. The predicted molar refractivity (Wildman–Crippen MR) is 134 cm³/mol. The molecule has 1 aromatic carbocycles. The molecule has 1 aliphatic rings. The molecule has 35 heavy (non-hydrogen) atoms. The Balaban J connectivity index is 1.59. The fourth-order valence-electron chi connectivity index (χ4n) is 4.31. The number of hydrogen-bond acceptors (Lipinski definition) is 9. The van der Waals surface area contributed by atoms with Crippen LogP contribution < -0.4 is 24.8 Å². The van der Waals surface area contributed by atoms with E-state index in [4.69, 9.17) is 19.2 Å². The van der Waals surface area contributed by atoms with Crippen LogP contribution in [0.15, 0.2) is 18.5 Å². The average molecular weight is 484 g/mol. The third kappa shape index (κ3) is 5.03. The fourth-order valence-corrected chi connectivity index (χ4v) is 4.31. The van der Waals surface area contributed by atoms with Gasteiger partial charge in [-0.2, -0.15) is 0 Å². The van der Waals surface area contributed by atoms with E-state index in [0.29, 0.717) is 47.2 Å². The van der Waals surface area contributed by atoms with E-state index in [9.17, 15) is 4.79 Å². The number of rotatable bonds is 11. The summed E-state index contributed by atoms with van der Waals surface area (Å²) in [6, 6.07) is 3.76. The van der Waals surface area contributed by atoms with E-state index in [-0.39, 0.29) is 11.9 Å². The minimum Gasteiger partial charge on any atom is -0.493 e. The molecular weight excluding hydrogens is 450 g/mol. The van der Waals surface area contributed by atoms with Crippen molar-refractivity contribution in [3.63, 3.8) is 0 Å². The molecule has 11 heteroatoms. The molecule has 0 saturated carbocycles. The summed E-state index contributed by atoms with van der Waals surface area (Å²) in [5.41, 5.74) is 2.08. The van der Waals surface area contributed by atoms with E-state index in [1.165, 1.54) is 6.33 Å². The Morgan fingerprint density at radius 2 is 1.83 bits per heavy atom. The third-order valence-corrected chi connectivity index (χ3v) is 5.98. The summed E-state index contributed by atoms with van der Waals surface area (Å²) < 4.78 is 18.4. The van der Waals surface area contributed by atoms with Crippen LogP contribution in [-0.4, -0.2) is 71.3 Å². The highest BCUT2D eigenvalue weighted by atomic mass is 16.5. The molecule has 0 radical (unpaired) electrons. The first-order valence-electron chi connectivity index (χ1n) is 11.8. The first kappa shape index (κ1) is 24.4. The highest BCUT2D eigenvalue weighted by molar-refractivity contribution is 5.88. The Hall–Kier alpha value is -3.76. The van der Waals surface area contributed by atoms with Gasteiger partial charge in [0.05, 0.1) is 21.3 Å². The van der Waals surface area contributed by atoms with Gasteiger partial charge in [0.1, 0.15) is 6.33 Å².